The standard InChI is InChI=1S/C29H36F3N3O7S2/c1-28(2,3)42-27(39)35-24-11-5-18(29(30,31)32)14-22(24)26(38)33-15-25(37)34-23-12-6-19(36)13-17(23)16-44(40,41)21-9-7-20(43-4)8-10-21/h5,7-11,14,17,19,23,36H,6,12-13,15-16H2,1-4H3,(H,33,38)(H,34,37)(H,35,39)/t17-,19-,23+/m1/s1. The molecule has 242 valence electrons. The Balaban J connectivity index is 1.70. The lowest BCUT2D eigenvalue weighted by molar-refractivity contribution is -0.137. The van der Waals surface area contributed by atoms with E-state index >= 15 is 0 Å². The molecule has 44 heavy (non-hydrogen) atoms. The van der Waals surface area contributed by atoms with Gasteiger partial charge in [-0.15, -0.1) is 11.8 Å². The second-order valence-electron chi connectivity index (χ2n) is 11.4. The summed E-state index contributed by atoms with van der Waals surface area (Å²) in [6.07, 6.45) is -3.94. The Kier molecular flexibility index (Phi) is 11.4. The summed E-state index contributed by atoms with van der Waals surface area (Å²) in [7, 11) is -3.76. The fourth-order valence-electron chi connectivity index (χ4n) is 4.72. The van der Waals surface area contributed by atoms with Crippen LogP contribution in [0.25, 0.3) is 0 Å². The van der Waals surface area contributed by atoms with Crippen molar-refractivity contribution in [1.29, 1.82) is 0 Å². The number of nitrogens with one attached hydrogen (secondary N) is 3. The van der Waals surface area contributed by atoms with Crippen molar-refractivity contribution in [2.24, 2.45) is 5.92 Å². The van der Waals surface area contributed by atoms with E-state index in [4.69, 9.17) is 4.74 Å². The monoisotopic (exact) mass is 659 g/mol. The molecule has 0 radical (unpaired) electrons. The van der Waals surface area contributed by atoms with E-state index in [2.05, 4.69) is 16.0 Å². The van der Waals surface area contributed by atoms with Gasteiger partial charge in [0.25, 0.3) is 5.91 Å². The number of carbonyl (C=O) groups is 3. The van der Waals surface area contributed by atoms with Crippen molar-refractivity contribution in [2.75, 3.05) is 23.9 Å². The average Bonchev–Trinajstić information content (AvgIpc) is 2.91. The topological polar surface area (TPSA) is 151 Å². The summed E-state index contributed by atoms with van der Waals surface area (Å²) in [5.41, 5.74) is -2.87. The molecule has 3 rings (SSSR count). The zero-order valence-corrected chi connectivity index (χ0v) is 26.3. The molecule has 2 aromatic carbocycles. The van der Waals surface area contributed by atoms with E-state index in [0.717, 1.165) is 11.0 Å². The molecule has 3 amide bonds. The molecule has 0 bridgehead atoms. The number of rotatable bonds is 9. The smallest absolute Gasteiger partial charge is 0.416 e. The van der Waals surface area contributed by atoms with Gasteiger partial charge in [0.1, 0.15) is 5.60 Å². The molecular weight excluding hydrogens is 623 g/mol. The van der Waals surface area contributed by atoms with Gasteiger partial charge in [0.05, 0.1) is 40.1 Å². The molecule has 0 spiro atoms. The number of sulfone groups is 1. The molecule has 0 aromatic heterocycles. The van der Waals surface area contributed by atoms with Gasteiger partial charge in [0.15, 0.2) is 9.84 Å². The minimum atomic E-state index is -4.78. The van der Waals surface area contributed by atoms with Gasteiger partial charge in [-0.3, -0.25) is 14.9 Å². The first-order valence-corrected chi connectivity index (χ1v) is 16.6. The first-order chi connectivity index (χ1) is 20.4. The highest BCUT2D eigenvalue weighted by Gasteiger charge is 2.35. The van der Waals surface area contributed by atoms with E-state index in [1.165, 1.54) is 23.9 Å². The van der Waals surface area contributed by atoms with Crippen molar-refractivity contribution < 1.29 is 45.8 Å². The fraction of sp³-hybridized carbons (Fsp3) is 0.483. The van der Waals surface area contributed by atoms with Crippen molar-refractivity contribution in [3.63, 3.8) is 0 Å². The highest BCUT2D eigenvalue weighted by molar-refractivity contribution is 7.98. The van der Waals surface area contributed by atoms with E-state index in [0.29, 0.717) is 18.6 Å². The van der Waals surface area contributed by atoms with Gasteiger partial charge < -0.3 is 20.5 Å². The predicted octanol–water partition coefficient (Wildman–Crippen LogP) is 4.62. The molecule has 0 heterocycles. The maximum Gasteiger partial charge on any atom is 0.416 e. The fourth-order valence-corrected chi connectivity index (χ4v) is 6.80. The lowest BCUT2D eigenvalue weighted by Crippen LogP contribution is -2.49. The third-order valence-corrected chi connectivity index (χ3v) is 9.39. The second kappa shape index (κ2) is 14.2. The number of carbonyl (C=O) groups excluding carboxylic acids is 3. The zero-order valence-electron chi connectivity index (χ0n) is 24.7. The molecule has 1 saturated carbocycles. The quantitative estimate of drug-likeness (QED) is 0.285. The third kappa shape index (κ3) is 10.1. The Hall–Kier alpha value is -3.30. The molecule has 0 aliphatic heterocycles. The lowest BCUT2D eigenvalue weighted by atomic mass is 9.84. The van der Waals surface area contributed by atoms with Crippen molar-refractivity contribution >= 4 is 45.2 Å². The summed E-state index contributed by atoms with van der Waals surface area (Å²) >= 11 is 1.46. The maximum absolute atomic E-state index is 13.4. The minimum absolute atomic E-state index is 0.115. The number of ether oxygens (including phenoxy) is 1. The van der Waals surface area contributed by atoms with Gasteiger partial charge in [-0.1, -0.05) is 0 Å². The lowest BCUT2D eigenvalue weighted by Gasteiger charge is -2.34. The molecule has 0 unspecified atom stereocenters. The summed E-state index contributed by atoms with van der Waals surface area (Å²) in [6, 6.07) is 7.90. The minimum Gasteiger partial charge on any atom is -0.444 e. The first-order valence-electron chi connectivity index (χ1n) is 13.7. The Morgan fingerprint density at radius 2 is 1.70 bits per heavy atom. The van der Waals surface area contributed by atoms with E-state index in [-0.39, 0.29) is 29.2 Å². The molecule has 10 nitrogen and oxygen atoms in total. The van der Waals surface area contributed by atoms with Crippen LogP contribution in [-0.2, 0) is 25.5 Å². The van der Waals surface area contributed by atoms with Crippen molar-refractivity contribution in [3.8, 4) is 0 Å². The molecule has 1 aliphatic carbocycles. The first kappa shape index (κ1) is 35.2. The predicted molar refractivity (Wildman–Crippen MR) is 159 cm³/mol. The summed E-state index contributed by atoms with van der Waals surface area (Å²) in [4.78, 5) is 39.0. The van der Waals surface area contributed by atoms with Gasteiger partial charge >= 0.3 is 12.3 Å². The average molecular weight is 660 g/mol. The molecule has 3 atom stereocenters. The van der Waals surface area contributed by atoms with Crippen LogP contribution in [-0.4, -0.2) is 67.7 Å². The highest BCUT2D eigenvalue weighted by atomic mass is 32.2. The van der Waals surface area contributed by atoms with Gasteiger partial charge in [0, 0.05) is 10.9 Å². The van der Waals surface area contributed by atoms with E-state index < -0.39 is 75.3 Å². The highest BCUT2D eigenvalue weighted by Crippen LogP contribution is 2.32. The van der Waals surface area contributed by atoms with Crippen LogP contribution < -0.4 is 16.0 Å². The Morgan fingerprint density at radius 1 is 1.05 bits per heavy atom. The number of anilines is 1. The van der Waals surface area contributed by atoms with Crippen molar-refractivity contribution in [1.82, 2.24) is 10.6 Å². The van der Waals surface area contributed by atoms with Crippen molar-refractivity contribution in [2.45, 2.75) is 73.7 Å². The molecule has 2 aromatic rings. The van der Waals surface area contributed by atoms with Gasteiger partial charge in [-0.05, 0) is 94.7 Å². The number of halogens is 3. The van der Waals surface area contributed by atoms with Crippen LogP contribution in [0.1, 0.15) is 56.0 Å². The second-order valence-corrected chi connectivity index (χ2v) is 14.3. The number of aliphatic hydroxyl groups excluding tert-OH is 1. The molecule has 15 heteroatoms. The van der Waals surface area contributed by atoms with Crippen LogP contribution >= 0.6 is 11.8 Å². The van der Waals surface area contributed by atoms with Crippen molar-refractivity contribution in [3.05, 3.63) is 53.6 Å². The normalized spacial score (nSPS) is 19.1. The number of alkyl halides is 3. The van der Waals surface area contributed by atoms with E-state index in [1.807, 2.05) is 6.26 Å². The van der Waals surface area contributed by atoms with Crippen LogP contribution in [0, 0.1) is 5.92 Å². The largest absolute Gasteiger partial charge is 0.444 e. The number of amides is 3. The summed E-state index contributed by atoms with van der Waals surface area (Å²) in [5.74, 6) is -2.73. The number of hydrogen-bond acceptors (Lipinski definition) is 8. The maximum atomic E-state index is 13.4. The van der Waals surface area contributed by atoms with Crippen LogP contribution in [0.3, 0.4) is 0 Å². The molecular formula is C29H36F3N3O7S2. The molecule has 1 fully saturated rings. The molecule has 1 aliphatic rings. The van der Waals surface area contributed by atoms with Gasteiger partial charge in [0.2, 0.25) is 5.91 Å². The van der Waals surface area contributed by atoms with Crippen LogP contribution in [0.2, 0.25) is 0 Å². The number of thioether (sulfide) groups is 1. The number of hydrogen-bond donors (Lipinski definition) is 4. The van der Waals surface area contributed by atoms with Gasteiger partial charge in [-0.2, -0.15) is 13.2 Å². The zero-order chi connectivity index (χ0) is 32.9. The SMILES string of the molecule is CSc1ccc(S(=O)(=O)C[C@H]2C[C@H](O)CC[C@@H]2NC(=O)CNC(=O)c2cc(C(F)(F)F)ccc2NC(=O)OC(C)(C)C)cc1. The van der Waals surface area contributed by atoms with E-state index in [1.54, 1.807) is 32.9 Å². The summed E-state index contributed by atoms with van der Waals surface area (Å²) in [6.45, 7) is 4.11. The van der Waals surface area contributed by atoms with Crippen LogP contribution in [0.5, 0.6) is 0 Å². The summed E-state index contributed by atoms with van der Waals surface area (Å²) < 4.78 is 71.5. The number of aliphatic hydroxyl groups is 1. The number of benzene rings is 2. The summed E-state index contributed by atoms with van der Waals surface area (Å²) in [5, 5.41) is 17.4. The molecule has 4 N–H and O–H groups in total. The van der Waals surface area contributed by atoms with Crippen LogP contribution in [0.4, 0.5) is 23.7 Å². The Labute approximate surface area is 258 Å². The Bertz CT molecular complexity index is 1460. The van der Waals surface area contributed by atoms with E-state index in [9.17, 15) is 41.1 Å². The Morgan fingerprint density at radius 3 is 2.30 bits per heavy atom. The van der Waals surface area contributed by atoms with Crippen LogP contribution in [0.15, 0.2) is 52.3 Å². The molecule has 0 saturated heterocycles. The van der Waals surface area contributed by atoms with Gasteiger partial charge in [-0.25, -0.2) is 13.2 Å². The third-order valence-electron chi connectivity index (χ3n) is 6.79.